The van der Waals surface area contributed by atoms with E-state index < -0.39 is 0 Å². The summed E-state index contributed by atoms with van der Waals surface area (Å²) in [6.45, 7) is 3.92. The summed E-state index contributed by atoms with van der Waals surface area (Å²) < 4.78 is 0. The predicted octanol–water partition coefficient (Wildman–Crippen LogP) is 1.96. The Morgan fingerprint density at radius 2 is 2.05 bits per heavy atom. The Kier molecular flexibility index (Phi) is 3.35. The van der Waals surface area contributed by atoms with Crippen LogP contribution in [0.2, 0.25) is 0 Å². The Morgan fingerprint density at radius 1 is 1.21 bits per heavy atom. The zero-order valence-electron chi connectivity index (χ0n) is 11.0. The van der Waals surface area contributed by atoms with Crippen molar-refractivity contribution in [1.29, 1.82) is 0 Å². The van der Waals surface area contributed by atoms with Gasteiger partial charge in [-0.1, -0.05) is 0 Å². The monoisotopic (exact) mass is 255 g/mol. The second-order valence-corrected chi connectivity index (χ2v) is 4.92. The van der Waals surface area contributed by atoms with Gasteiger partial charge in [-0.2, -0.15) is 0 Å². The molecule has 3 heterocycles. The maximum Gasteiger partial charge on any atom is 0.225 e. The molecule has 1 atom stereocenters. The number of anilines is 1. The van der Waals surface area contributed by atoms with Crippen molar-refractivity contribution < 1.29 is 0 Å². The van der Waals surface area contributed by atoms with Crippen LogP contribution in [-0.4, -0.2) is 33.0 Å². The van der Waals surface area contributed by atoms with Crippen LogP contribution in [0.4, 0.5) is 5.95 Å². The SMILES string of the molecule is Cc1cncc([C@@H]2CCCN(c3ncccn3)C2)n1. The van der Waals surface area contributed by atoms with Crippen molar-refractivity contribution >= 4 is 5.95 Å². The first kappa shape index (κ1) is 12.0. The summed E-state index contributed by atoms with van der Waals surface area (Å²) in [5.74, 6) is 1.23. The number of piperidine rings is 1. The maximum absolute atomic E-state index is 4.59. The van der Waals surface area contributed by atoms with Gasteiger partial charge >= 0.3 is 0 Å². The molecule has 3 rings (SSSR count). The van der Waals surface area contributed by atoms with Crippen LogP contribution in [0.3, 0.4) is 0 Å². The zero-order valence-corrected chi connectivity index (χ0v) is 11.0. The van der Waals surface area contributed by atoms with Crippen molar-refractivity contribution in [2.45, 2.75) is 25.7 Å². The van der Waals surface area contributed by atoms with Gasteiger partial charge in [-0.05, 0) is 25.8 Å². The third kappa shape index (κ3) is 2.70. The van der Waals surface area contributed by atoms with E-state index in [-0.39, 0.29) is 0 Å². The van der Waals surface area contributed by atoms with Crippen molar-refractivity contribution in [3.8, 4) is 0 Å². The lowest BCUT2D eigenvalue weighted by Gasteiger charge is -2.32. The summed E-state index contributed by atoms with van der Waals surface area (Å²) in [5.41, 5.74) is 2.06. The summed E-state index contributed by atoms with van der Waals surface area (Å²) in [5, 5.41) is 0. The normalized spacial score (nSPS) is 19.4. The molecule has 1 saturated heterocycles. The highest BCUT2D eigenvalue weighted by Gasteiger charge is 2.24. The van der Waals surface area contributed by atoms with E-state index in [2.05, 4.69) is 24.8 Å². The number of aryl methyl sites for hydroxylation is 1. The lowest BCUT2D eigenvalue weighted by atomic mass is 9.95. The van der Waals surface area contributed by atoms with Crippen molar-refractivity contribution in [3.05, 3.63) is 42.2 Å². The first-order valence-electron chi connectivity index (χ1n) is 6.63. The lowest BCUT2D eigenvalue weighted by molar-refractivity contribution is 0.493. The molecule has 0 aliphatic carbocycles. The second kappa shape index (κ2) is 5.30. The summed E-state index contributed by atoms with van der Waals surface area (Å²) in [4.78, 5) is 19.7. The molecule has 5 heteroatoms. The van der Waals surface area contributed by atoms with Crippen LogP contribution in [0, 0.1) is 6.92 Å². The molecule has 1 aliphatic heterocycles. The molecule has 0 radical (unpaired) electrons. The van der Waals surface area contributed by atoms with Crippen molar-refractivity contribution in [3.63, 3.8) is 0 Å². The van der Waals surface area contributed by atoms with Crippen LogP contribution in [0.25, 0.3) is 0 Å². The predicted molar refractivity (Wildman–Crippen MR) is 73.0 cm³/mol. The second-order valence-electron chi connectivity index (χ2n) is 4.92. The van der Waals surface area contributed by atoms with Crippen LogP contribution < -0.4 is 4.90 Å². The molecule has 1 aliphatic rings. The van der Waals surface area contributed by atoms with Crippen LogP contribution in [0.1, 0.15) is 30.1 Å². The van der Waals surface area contributed by atoms with Crippen molar-refractivity contribution in [2.75, 3.05) is 18.0 Å². The standard InChI is InChI=1S/C14H17N5/c1-11-8-15-9-13(18-11)12-4-2-7-19(10-12)14-16-5-3-6-17-14/h3,5-6,8-9,12H,2,4,7,10H2,1H3/t12-/m1/s1. The summed E-state index contributed by atoms with van der Waals surface area (Å²) in [6.07, 6.45) is 9.55. The average Bonchev–Trinajstić information content (AvgIpc) is 2.48. The molecule has 0 bridgehead atoms. The molecule has 98 valence electrons. The number of hydrogen-bond donors (Lipinski definition) is 0. The van der Waals surface area contributed by atoms with Gasteiger partial charge in [0.05, 0.1) is 11.4 Å². The fraction of sp³-hybridized carbons (Fsp3) is 0.429. The molecule has 19 heavy (non-hydrogen) atoms. The van der Waals surface area contributed by atoms with E-state index in [4.69, 9.17) is 0 Å². The fourth-order valence-corrected chi connectivity index (χ4v) is 2.53. The molecular weight excluding hydrogens is 238 g/mol. The smallest absolute Gasteiger partial charge is 0.225 e. The summed E-state index contributed by atoms with van der Waals surface area (Å²) in [7, 11) is 0. The summed E-state index contributed by atoms with van der Waals surface area (Å²) in [6, 6.07) is 1.84. The number of nitrogens with zero attached hydrogens (tertiary/aromatic N) is 5. The fourth-order valence-electron chi connectivity index (χ4n) is 2.53. The van der Waals surface area contributed by atoms with Crippen molar-refractivity contribution in [2.24, 2.45) is 0 Å². The Hall–Kier alpha value is -2.04. The van der Waals surface area contributed by atoms with Crippen molar-refractivity contribution in [1.82, 2.24) is 19.9 Å². The van der Waals surface area contributed by atoms with E-state index in [1.807, 2.05) is 19.2 Å². The van der Waals surface area contributed by atoms with E-state index in [1.165, 1.54) is 0 Å². The number of rotatable bonds is 2. The molecule has 0 spiro atoms. The van der Waals surface area contributed by atoms with Gasteiger partial charge in [0.1, 0.15) is 0 Å². The topological polar surface area (TPSA) is 54.8 Å². The molecule has 0 aromatic carbocycles. The molecule has 0 saturated carbocycles. The lowest BCUT2D eigenvalue weighted by Crippen LogP contribution is -2.35. The number of aromatic nitrogens is 4. The Balaban J connectivity index is 1.78. The van der Waals surface area contributed by atoms with Crippen LogP contribution in [0.15, 0.2) is 30.9 Å². The van der Waals surface area contributed by atoms with Crippen LogP contribution in [-0.2, 0) is 0 Å². The van der Waals surface area contributed by atoms with Gasteiger partial charge in [0.25, 0.3) is 0 Å². The van der Waals surface area contributed by atoms with E-state index in [0.29, 0.717) is 5.92 Å². The minimum Gasteiger partial charge on any atom is -0.340 e. The Morgan fingerprint density at radius 3 is 2.84 bits per heavy atom. The molecular formula is C14H17N5. The Labute approximate surface area is 112 Å². The van der Waals surface area contributed by atoms with Gasteiger partial charge in [-0.25, -0.2) is 9.97 Å². The third-order valence-corrected chi connectivity index (χ3v) is 3.45. The molecule has 1 fully saturated rings. The van der Waals surface area contributed by atoms with Gasteiger partial charge in [-0.3, -0.25) is 9.97 Å². The third-order valence-electron chi connectivity index (χ3n) is 3.45. The molecule has 5 nitrogen and oxygen atoms in total. The maximum atomic E-state index is 4.59. The number of hydrogen-bond acceptors (Lipinski definition) is 5. The minimum absolute atomic E-state index is 0.421. The van der Waals surface area contributed by atoms with Crippen LogP contribution >= 0.6 is 0 Å². The Bertz CT molecular complexity index is 543. The summed E-state index contributed by atoms with van der Waals surface area (Å²) >= 11 is 0. The molecule has 0 unspecified atom stereocenters. The highest BCUT2D eigenvalue weighted by atomic mass is 15.2. The van der Waals surface area contributed by atoms with E-state index in [1.54, 1.807) is 18.6 Å². The average molecular weight is 255 g/mol. The van der Waals surface area contributed by atoms with Gasteiger partial charge in [-0.15, -0.1) is 0 Å². The molecule has 0 amide bonds. The zero-order chi connectivity index (χ0) is 13.1. The first-order valence-corrected chi connectivity index (χ1v) is 6.63. The molecule has 0 N–H and O–H groups in total. The molecule has 2 aromatic heterocycles. The molecule has 2 aromatic rings. The van der Waals surface area contributed by atoms with E-state index >= 15 is 0 Å². The van der Waals surface area contributed by atoms with E-state index in [0.717, 1.165) is 43.3 Å². The highest BCUT2D eigenvalue weighted by Crippen LogP contribution is 2.26. The van der Waals surface area contributed by atoms with Gasteiger partial charge in [0, 0.05) is 43.8 Å². The highest BCUT2D eigenvalue weighted by molar-refractivity contribution is 5.31. The van der Waals surface area contributed by atoms with Crippen LogP contribution in [0.5, 0.6) is 0 Å². The largest absolute Gasteiger partial charge is 0.340 e. The van der Waals surface area contributed by atoms with Gasteiger partial charge in [0.2, 0.25) is 5.95 Å². The van der Waals surface area contributed by atoms with Gasteiger partial charge < -0.3 is 4.90 Å². The first-order chi connectivity index (χ1) is 9.33. The minimum atomic E-state index is 0.421. The van der Waals surface area contributed by atoms with Gasteiger partial charge in [0.15, 0.2) is 0 Å². The van der Waals surface area contributed by atoms with E-state index in [9.17, 15) is 0 Å². The quantitative estimate of drug-likeness (QED) is 0.821.